The molecule has 0 saturated heterocycles. The summed E-state index contributed by atoms with van der Waals surface area (Å²) in [5.41, 5.74) is 0. The monoisotopic (exact) mass is 928 g/mol. The number of carbonyl (C=O) groups is 2. The normalized spacial score (nSPS) is 12.8. The molecule has 0 bridgehead atoms. The Morgan fingerprint density at radius 1 is 0.409 bits per heavy atom. The summed E-state index contributed by atoms with van der Waals surface area (Å²) in [6.45, 7) is 4.88. The second kappa shape index (κ2) is 55.7. The zero-order valence-electron chi connectivity index (χ0n) is 44.2. The molecule has 0 heterocycles. The van der Waals surface area contributed by atoms with Gasteiger partial charge < -0.3 is 20.3 Å². The Balaban J connectivity index is 3.41. The summed E-state index contributed by atoms with van der Waals surface area (Å²) >= 11 is 0. The van der Waals surface area contributed by atoms with Crippen molar-refractivity contribution in [1.29, 1.82) is 0 Å². The zero-order chi connectivity index (χ0) is 47.9. The van der Waals surface area contributed by atoms with E-state index < -0.39 is 12.1 Å². The number of unbranched alkanes of at least 4 members (excludes halogenated alkanes) is 39. The van der Waals surface area contributed by atoms with Gasteiger partial charge in [0.15, 0.2) is 0 Å². The van der Waals surface area contributed by atoms with E-state index in [-0.39, 0.29) is 18.5 Å². The number of aliphatic hydroxyl groups excluding tert-OH is 2. The third kappa shape index (κ3) is 51.5. The van der Waals surface area contributed by atoms with E-state index in [1.54, 1.807) is 6.08 Å². The minimum absolute atomic E-state index is 0.00312. The summed E-state index contributed by atoms with van der Waals surface area (Å²) in [6, 6.07) is -0.630. The van der Waals surface area contributed by atoms with Crippen LogP contribution in [0, 0.1) is 0 Å². The molecule has 0 spiro atoms. The summed E-state index contributed by atoms with van der Waals surface area (Å²) in [4.78, 5) is 24.4. The van der Waals surface area contributed by atoms with Gasteiger partial charge in [-0.2, -0.15) is 0 Å². The molecule has 0 aliphatic heterocycles. The van der Waals surface area contributed by atoms with Gasteiger partial charge >= 0.3 is 5.97 Å². The molecular weight excluding hydrogens is 815 g/mol. The standard InChI is InChI=1S/C60H113NO5/c1-3-5-7-9-11-13-15-16-30-34-38-42-46-50-54-60(65)66-55-51-47-43-39-35-31-28-26-24-22-20-18-17-19-21-23-25-27-29-33-37-41-45-49-53-59(64)61-57(56-62)58(63)52-48-44-40-36-32-14-12-10-8-6-4-2/h15-16,19,21,48,52,57-58,62-63H,3-14,17-18,20,22-47,49-51,53-56H2,1-2H3,(H,61,64)/b16-15-,21-19-,52-48+. The van der Waals surface area contributed by atoms with E-state index >= 15 is 0 Å². The molecule has 2 atom stereocenters. The minimum Gasteiger partial charge on any atom is -0.466 e. The van der Waals surface area contributed by atoms with Crippen molar-refractivity contribution in [3.63, 3.8) is 0 Å². The number of hydrogen-bond donors (Lipinski definition) is 3. The average molecular weight is 929 g/mol. The molecule has 2 unspecified atom stereocenters. The van der Waals surface area contributed by atoms with E-state index in [9.17, 15) is 19.8 Å². The lowest BCUT2D eigenvalue weighted by atomic mass is 10.0. The van der Waals surface area contributed by atoms with Crippen molar-refractivity contribution in [1.82, 2.24) is 5.32 Å². The molecule has 6 nitrogen and oxygen atoms in total. The number of hydrogen-bond acceptors (Lipinski definition) is 5. The molecule has 0 radical (unpaired) electrons. The van der Waals surface area contributed by atoms with Crippen molar-refractivity contribution in [3.05, 3.63) is 36.5 Å². The van der Waals surface area contributed by atoms with E-state index in [0.717, 1.165) is 44.9 Å². The van der Waals surface area contributed by atoms with Crippen molar-refractivity contribution in [3.8, 4) is 0 Å². The molecule has 0 aliphatic carbocycles. The van der Waals surface area contributed by atoms with Gasteiger partial charge in [-0.25, -0.2) is 0 Å². The molecule has 66 heavy (non-hydrogen) atoms. The van der Waals surface area contributed by atoms with Gasteiger partial charge in [-0.1, -0.05) is 249 Å². The van der Waals surface area contributed by atoms with Gasteiger partial charge in [0, 0.05) is 12.8 Å². The lowest BCUT2D eigenvalue weighted by molar-refractivity contribution is -0.143. The SMILES string of the molecule is CCCCCCC/C=C\CCCCCCCC(=O)OCCCCCCCCCCCCCC/C=C\CCCCCCCCCCC(=O)NC(CO)C(O)/C=C/CCCCCCCCCCC. The van der Waals surface area contributed by atoms with Gasteiger partial charge in [-0.05, 0) is 83.5 Å². The van der Waals surface area contributed by atoms with Gasteiger partial charge in [0.2, 0.25) is 5.91 Å². The zero-order valence-corrected chi connectivity index (χ0v) is 44.2. The molecule has 0 aromatic carbocycles. The van der Waals surface area contributed by atoms with Crippen molar-refractivity contribution in [2.24, 2.45) is 0 Å². The van der Waals surface area contributed by atoms with Crippen LogP contribution in [0.3, 0.4) is 0 Å². The number of ether oxygens (including phenoxy) is 1. The third-order valence-corrected chi connectivity index (χ3v) is 13.4. The summed E-state index contributed by atoms with van der Waals surface area (Å²) in [6.07, 6.45) is 68.9. The smallest absolute Gasteiger partial charge is 0.305 e. The van der Waals surface area contributed by atoms with Crippen LogP contribution in [0.15, 0.2) is 36.5 Å². The highest BCUT2D eigenvalue weighted by Gasteiger charge is 2.18. The Morgan fingerprint density at radius 2 is 0.712 bits per heavy atom. The number of esters is 1. The van der Waals surface area contributed by atoms with Crippen molar-refractivity contribution < 1.29 is 24.5 Å². The minimum atomic E-state index is -0.846. The Kier molecular flexibility index (Phi) is 54.1. The molecule has 0 rings (SSSR count). The summed E-state index contributed by atoms with van der Waals surface area (Å²) in [5, 5.41) is 23.0. The van der Waals surface area contributed by atoms with Gasteiger partial charge in [-0.3, -0.25) is 9.59 Å². The van der Waals surface area contributed by atoms with Crippen LogP contribution in [0.1, 0.15) is 309 Å². The lowest BCUT2D eigenvalue weighted by Crippen LogP contribution is -2.45. The second-order valence-electron chi connectivity index (χ2n) is 20.0. The van der Waals surface area contributed by atoms with Crippen molar-refractivity contribution >= 4 is 11.9 Å². The summed E-state index contributed by atoms with van der Waals surface area (Å²) in [5.74, 6) is -0.0708. The Hall–Kier alpha value is -1.92. The van der Waals surface area contributed by atoms with Gasteiger partial charge in [0.1, 0.15) is 0 Å². The first-order valence-electron chi connectivity index (χ1n) is 29.3. The maximum Gasteiger partial charge on any atom is 0.305 e. The fraction of sp³-hybridized carbons (Fsp3) is 0.867. The van der Waals surface area contributed by atoms with Crippen molar-refractivity contribution in [2.75, 3.05) is 13.2 Å². The second-order valence-corrected chi connectivity index (χ2v) is 20.0. The average Bonchev–Trinajstić information content (AvgIpc) is 3.32. The quantitative estimate of drug-likeness (QED) is 0.0321. The Morgan fingerprint density at radius 3 is 1.08 bits per heavy atom. The van der Waals surface area contributed by atoms with Crippen LogP contribution in [0.5, 0.6) is 0 Å². The van der Waals surface area contributed by atoms with Crippen LogP contribution in [-0.4, -0.2) is 47.4 Å². The fourth-order valence-electron chi connectivity index (χ4n) is 8.86. The Labute approximate surface area is 411 Å². The maximum absolute atomic E-state index is 12.4. The molecule has 0 saturated carbocycles. The largest absolute Gasteiger partial charge is 0.466 e. The Bertz CT molecular complexity index is 1070. The fourth-order valence-corrected chi connectivity index (χ4v) is 8.86. The molecule has 0 fully saturated rings. The van der Waals surface area contributed by atoms with Gasteiger partial charge in [0.25, 0.3) is 0 Å². The summed E-state index contributed by atoms with van der Waals surface area (Å²) < 4.78 is 5.47. The number of carbonyl (C=O) groups excluding carboxylic acids is 2. The predicted molar refractivity (Wildman–Crippen MR) is 287 cm³/mol. The van der Waals surface area contributed by atoms with Crippen LogP contribution in [0.4, 0.5) is 0 Å². The maximum atomic E-state index is 12.4. The van der Waals surface area contributed by atoms with E-state index in [4.69, 9.17) is 4.74 Å². The highest BCUT2D eigenvalue weighted by molar-refractivity contribution is 5.76. The predicted octanol–water partition coefficient (Wildman–Crippen LogP) is 18.0. The highest BCUT2D eigenvalue weighted by Crippen LogP contribution is 2.16. The molecular formula is C60H113NO5. The van der Waals surface area contributed by atoms with E-state index in [1.807, 2.05) is 6.08 Å². The van der Waals surface area contributed by atoms with E-state index in [2.05, 4.69) is 43.5 Å². The number of allylic oxidation sites excluding steroid dienone is 5. The number of rotatable bonds is 54. The van der Waals surface area contributed by atoms with Gasteiger partial charge in [0.05, 0.1) is 25.4 Å². The van der Waals surface area contributed by atoms with Crippen LogP contribution in [0.25, 0.3) is 0 Å². The molecule has 3 N–H and O–H groups in total. The molecule has 0 aliphatic rings. The summed E-state index contributed by atoms with van der Waals surface area (Å²) in [7, 11) is 0. The number of amides is 1. The van der Waals surface area contributed by atoms with Crippen LogP contribution < -0.4 is 5.32 Å². The van der Waals surface area contributed by atoms with Crippen LogP contribution >= 0.6 is 0 Å². The molecule has 1 amide bonds. The van der Waals surface area contributed by atoms with Crippen LogP contribution in [0.2, 0.25) is 0 Å². The van der Waals surface area contributed by atoms with Gasteiger partial charge in [-0.15, -0.1) is 0 Å². The third-order valence-electron chi connectivity index (χ3n) is 13.4. The first-order valence-corrected chi connectivity index (χ1v) is 29.3. The van der Waals surface area contributed by atoms with E-state index in [0.29, 0.717) is 19.4 Å². The number of aliphatic hydroxyl groups is 2. The van der Waals surface area contributed by atoms with Crippen LogP contribution in [-0.2, 0) is 14.3 Å². The lowest BCUT2D eigenvalue weighted by Gasteiger charge is -2.20. The first kappa shape index (κ1) is 64.1. The number of nitrogens with one attached hydrogen (secondary N) is 1. The molecule has 388 valence electrons. The highest BCUT2D eigenvalue weighted by atomic mass is 16.5. The molecule has 6 heteroatoms. The first-order chi connectivity index (χ1) is 32.5. The topological polar surface area (TPSA) is 95.9 Å². The molecule has 0 aromatic heterocycles. The van der Waals surface area contributed by atoms with E-state index in [1.165, 1.54) is 238 Å². The molecule has 0 aromatic rings. The van der Waals surface area contributed by atoms with Crippen molar-refractivity contribution in [2.45, 2.75) is 321 Å².